The molecule has 1 heterocycles. The summed E-state index contributed by atoms with van der Waals surface area (Å²) in [7, 11) is 0. The monoisotopic (exact) mass is 450 g/mol. The van der Waals surface area contributed by atoms with Crippen molar-refractivity contribution in [1.29, 1.82) is 0 Å². The van der Waals surface area contributed by atoms with Crippen molar-refractivity contribution in [2.75, 3.05) is 32.7 Å². The summed E-state index contributed by atoms with van der Waals surface area (Å²) >= 11 is 0. The van der Waals surface area contributed by atoms with Gasteiger partial charge >= 0.3 is 6.18 Å². The molecule has 3 aromatic carbocycles. The molecule has 5 heteroatoms. The molecule has 1 fully saturated rings. The summed E-state index contributed by atoms with van der Waals surface area (Å²) < 4.78 is 38.4. The Kier molecular flexibility index (Phi) is 7.31. The van der Waals surface area contributed by atoms with Crippen LogP contribution in [0.1, 0.15) is 29.7 Å². The van der Waals surface area contributed by atoms with Gasteiger partial charge in [-0.15, -0.1) is 0 Å². The maximum Gasteiger partial charge on any atom is 0.416 e. The molecular formula is C28H29F3N2. The summed E-state index contributed by atoms with van der Waals surface area (Å²) in [5, 5.41) is 0. The molecule has 0 N–H and O–H groups in total. The van der Waals surface area contributed by atoms with Gasteiger partial charge in [0.15, 0.2) is 0 Å². The average molecular weight is 451 g/mol. The van der Waals surface area contributed by atoms with E-state index in [4.69, 9.17) is 0 Å². The minimum Gasteiger partial charge on any atom is -0.297 e. The molecular weight excluding hydrogens is 421 g/mol. The Balaban J connectivity index is 1.30. The van der Waals surface area contributed by atoms with Crippen LogP contribution in [0.2, 0.25) is 0 Å². The van der Waals surface area contributed by atoms with Crippen molar-refractivity contribution < 1.29 is 13.2 Å². The first kappa shape index (κ1) is 23.3. The summed E-state index contributed by atoms with van der Waals surface area (Å²) in [6, 6.07) is 24.2. The predicted octanol–water partition coefficient (Wildman–Crippen LogP) is 6.76. The number of benzene rings is 3. The molecule has 4 rings (SSSR count). The van der Waals surface area contributed by atoms with Gasteiger partial charge in [-0.2, -0.15) is 13.2 Å². The van der Waals surface area contributed by atoms with E-state index in [0.717, 1.165) is 56.0 Å². The van der Waals surface area contributed by atoms with Crippen LogP contribution in [-0.4, -0.2) is 42.5 Å². The van der Waals surface area contributed by atoms with Crippen LogP contribution in [-0.2, 0) is 6.18 Å². The van der Waals surface area contributed by atoms with Crippen LogP contribution in [0.5, 0.6) is 0 Å². The van der Waals surface area contributed by atoms with E-state index < -0.39 is 11.7 Å². The van der Waals surface area contributed by atoms with E-state index in [1.807, 2.05) is 18.2 Å². The van der Waals surface area contributed by atoms with Crippen molar-refractivity contribution in [3.8, 4) is 11.1 Å². The molecule has 1 aliphatic heterocycles. The van der Waals surface area contributed by atoms with Gasteiger partial charge < -0.3 is 0 Å². The first-order chi connectivity index (χ1) is 15.9. The molecule has 3 aromatic rings. The third-order valence-electron chi connectivity index (χ3n) is 6.37. The number of piperazine rings is 1. The summed E-state index contributed by atoms with van der Waals surface area (Å²) in [5.74, 6) is 0. The maximum absolute atomic E-state index is 12.8. The first-order valence-corrected chi connectivity index (χ1v) is 11.4. The first-order valence-electron chi connectivity index (χ1n) is 11.4. The molecule has 0 spiro atoms. The van der Waals surface area contributed by atoms with Crippen molar-refractivity contribution in [3.63, 3.8) is 0 Å². The maximum atomic E-state index is 12.8. The van der Waals surface area contributed by atoms with Crippen LogP contribution in [0.15, 0.2) is 84.9 Å². The molecule has 1 saturated heterocycles. The lowest BCUT2D eigenvalue weighted by Gasteiger charge is -2.38. The zero-order valence-corrected chi connectivity index (χ0v) is 18.8. The summed E-state index contributed by atoms with van der Waals surface area (Å²) in [5.41, 5.74) is 3.55. The van der Waals surface area contributed by atoms with E-state index in [9.17, 15) is 13.2 Å². The molecule has 33 heavy (non-hydrogen) atoms. The Morgan fingerprint density at radius 3 is 1.94 bits per heavy atom. The minimum atomic E-state index is -4.31. The largest absolute Gasteiger partial charge is 0.416 e. The standard InChI is InChI=1S/C28H29F3N2/c1-22(33-20-18-32(19-21-33)17-5-8-23-6-3-2-4-7-23)24-9-11-25(12-10-24)26-13-15-27(16-14-26)28(29,30)31/h2-16,22H,17-21H2,1H3. The highest BCUT2D eigenvalue weighted by atomic mass is 19.4. The fraction of sp³-hybridized carbons (Fsp3) is 0.286. The lowest BCUT2D eigenvalue weighted by Crippen LogP contribution is -2.47. The summed E-state index contributed by atoms with van der Waals surface area (Å²) in [4.78, 5) is 4.96. The smallest absolute Gasteiger partial charge is 0.297 e. The molecule has 1 unspecified atom stereocenters. The summed E-state index contributed by atoms with van der Waals surface area (Å²) in [6.45, 7) is 7.28. The number of nitrogens with zero attached hydrogens (tertiary/aromatic N) is 2. The van der Waals surface area contributed by atoms with Gasteiger partial charge in [0.05, 0.1) is 5.56 Å². The van der Waals surface area contributed by atoms with Crippen LogP contribution < -0.4 is 0 Å². The molecule has 1 atom stereocenters. The molecule has 2 nitrogen and oxygen atoms in total. The molecule has 172 valence electrons. The molecule has 0 bridgehead atoms. The second-order valence-electron chi connectivity index (χ2n) is 8.52. The second-order valence-corrected chi connectivity index (χ2v) is 8.52. The van der Waals surface area contributed by atoms with Gasteiger partial charge in [0.25, 0.3) is 0 Å². The number of hydrogen-bond donors (Lipinski definition) is 0. The van der Waals surface area contributed by atoms with Crippen molar-refractivity contribution >= 4 is 6.08 Å². The van der Waals surface area contributed by atoms with E-state index in [0.29, 0.717) is 6.04 Å². The topological polar surface area (TPSA) is 6.48 Å². The Morgan fingerprint density at radius 2 is 1.36 bits per heavy atom. The number of hydrogen-bond acceptors (Lipinski definition) is 2. The van der Waals surface area contributed by atoms with Crippen LogP contribution in [0.25, 0.3) is 17.2 Å². The Labute approximate surface area is 194 Å². The van der Waals surface area contributed by atoms with E-state index in [-0.39, 0.29) is 0 Å². The highest BCUT2D eigenvalue weighted by molar-refractivity contribution is 5.64. The molecule has 1 aliphatic rings. The van der Waals surface area contributed by atoms with Crippen molar-refractivity contribution in [3.05, 3.63) is 102 Å². The normalized spacial score (nSPS) is 16.8. The number of rotatable bonds is 6. The Morgan fingerprint density at radius 1 is 0.788 bits per heavy atom. The van der Waals surface area contributed by atoms with Crippen LogP contribution in [0.4, 0.5) is 13.2 Å². The number of alkyl halides is 3. The quantitative estimate of drug-likeness (QED) is 0.409. The van der Waals surface area contributed by atoms with Gasteiger partial charge in [0, 0.05) is 38.8 Å². The lowest BCUT2D eigenvalue weighted by molar-refractivity contribution is -0.137. The van der Waals surface area contributed by atoms with E-state index in [2.05, 4.69) is 65.3 Å². The molecule has 0 saturated carbocycles. The molecule has 0 radical (unpaired) electrons. The zero-order chi connectivity index (χ0) is 23.3. The van der Waals surface area contributed by atoms with Crippen LogP contribution >= 0.6 is 0 Å². The van der Waals surface area contributed by atoms with Gasteiger partial charge in [-0.05, 0) is 41.3 Å². The highest BCUT2D eigenvalue weighted by Crippen LogP contribution is 2.31. The Bertz CT molecular complexity index is 1030. The van der Waals surface area contributed by atoms with Gasteiger partial charge in [0.2, 0.25) is 0 Å². The van der Waals surface area contributed by atoms with E-state index >= 15 is 0 Å². The van der Waals surface area contributed by atoms with Crippen LogP contribution in [0.3, 0.4) is 0 Å². The van der Waals surface area contributed by atoms with Gasteiger partial charge in [-0.3, -0.25) is 9.80 Å². The molecule has 0 aromatic heterocycles. The van der Waals surface area contributed by atoms with Crippen molar-refractivity contribution in [2.24, 2.45) is 0 Å². The van der Waals surface area contributed by atoms with E-state index in [1.165, 1.54) is 23.3 Å². The van der Waals surface area contributed by atoms with Crippen molar-refractivity contribution in [1.82, 2.24) is 9.80 Å². The lowest BCUT2D eigenvalue weighted by atomic mass is 9.99. The van der Waals surface area contributed by atoms with Gasteiger partial charge in [0.1, 0.15) is 0 Å². The third kappa shape index (κ3) is 6.12. The minimum absolute atomic E-state index is 0.300. The average Bonchev–Trinajstić information content (AvgIpc) is 2.84. The molecule has 0 aliphatic carbocycles. The fourth-order valence-electron chi connectivity index (χ4n) is 4.25. The van der Waals surface area contributed by atoms with E-state index in [1.54, 1.807) is 0 Å². The van der Waals surface area contributed by atoms with Gasteiger partial charge in [-0.25, -0.2) is 0 Å². The predicted molar refractivity (Wildman–Crippen MR) is 129 cm³/mol. The second kappa shape index (κ2) is 10.4. The number of halogens is 3. The molecule has 0 amide bonds. The Hall–Kier alpha value is -2.89. The zero-order valence-electron chi connectivity index (χ0n) is 18.8. The van der Waals surface area contributed by atoms with Gasteiger partial charge in [-0.1, -0.05) is 78.9 Å². The third-order valence-corrected chi connectivity index (χ3v) is 6.37. The SMILES string of the molecule is CC(c1ccc(-c2ccc(C(F)(F)F)cc2)cc1)N1CCN(CC=Cc2ccccc2)CC1. The fourth-order valence-corrected chi connectivity index (χ4v) is 4.25. The van der Waals surface area contributed by atoms with Crippen LogP contribution in [0, 0.1) is 0 Å². The summed E-state index contributed by atoms with van der Waals surface area (Å²) in [6.07, 6.45) is 0.0988. The van der Waals surface area contributed by atoms with Crippen molar-refractivity contribution in [2.45, 2.75) is 19.1 Å². The highest BCUT2D eigenvalue weighted by Gasteiger charge is 2.30.